The highest BCUT2D eigenvalue weighted by Gasteiger charge is 2.15. The van der Waals surface area contributed by atoms with Gasteiger partial charge in [-0.1, -0.05) is 12.1 Å². The Bertz CT molecular complexity index is 1000. The second-order valence-electron chi connectivity index (χ2n) is 5.74. The normalized spacial score (nSPS) is 10.2. The highest BCUT2D eigenvalue weighted by molar-refractivity contribution is 6.03. The largest absolute Gasteiger partial charge is 0.339 e. The molecule has 0 bridgehead atoms. The van der Waals surface area contributed by atoms with E-state index >= 15 is 0 Å². The average Bonchev–Trinajstić information content (AvgIpc) is 2.65. The summed E-state index contributed by atoms with van der Waals surface area (Å²) in [6.45, 7) is 1.41. The summed E-state index contributed by atoms with van der Waals surface area (Å²) in [7, 11) is 0. The van der Waals surface area contributed by atoms with E-state index in [1.807, 2.05) is 0 Å². The molecule has 2 amide bonds. The Hall–Kier alpha value is -3.88. The third-order valence-corrected chi connectivity index (χ3v) is 3.55. The molecule has 28 heavy (non-hydrogen) atoms. The summed E-state index contributed by atoms with van der Waals surface area (Å²) in [6, 6.07) is 13.0. The molecule has 0 atom stereocenters. The lowest BCUT2D eigenvalue weighted by molar-refractivity contribution is -0.114. The van der Waals surface area contributed by atoms with E-state index in [4.69, 9.17) is 0 Å². The van der Waals surface area contributed by atoms with Gasteiger partial charge >= 0.3 is 0 Å². The molecule has 0 saturated carbocycles. The van der Waals surface area contributed by atoms with Crippen LogP contribution in [0, 0.1) is 11.6 Å². The minimum atomic E-state index is -0.890. The summed E-state index contributed by atoms with van der Waals surface area (Å²) in [6.07, 6.45) is 0. The molecule has 7 nitrogen and oxygen atoms in total. The standard InChI is InChI=1S/C19H15F2N5O2/c1-11(27)22-12-4-2-5-13(10-12)23-17-9-8-16(25-26-17)19(28)24-18-14(20)6-3-7-15(18)21/h2-10H,1H3,(H,22,27)(H,23,26)(H,24,28). The van der Waals surface area contributed by atoms with E-state index in [1.165, 1.54) is 25.1 Å². The third-order valence-electron chi connectivity index (χ3n) is 3.55. The number of carbonyl (C=O) groups excluding carboxylic acids is 2. The molecular formula is C19H15F2N5O2. The molecule has 1 aromatic heterocycles. The van der Waals surface area contributed by atoms with Gasteiger partial charge in [0.1, 0.15) is 17.3 Å². The zero-order valence-corrected chi connectivity index (χ0v) is 14.7. The van der Waals surface area contributed by atoms with Crippen molar-refractivity contribution in [3.05, 3.63) is 71.9 Å². The summed E-state index contributed by atoms with van der Waals surface area (Å²) >= 11 is 0. The molecule has 0 spiro atoms. The van der Waals surface area contributed by atoms with Crippen molar-refractivity contribution in [2.75, 3.05) is 16.0 Å². The zero-order valence-electron chi connectivity index (χ0n) is 14.7. The van der Waals surface area contributed by atoms with Crippen LogP contribution >= 0.6 is 0 Å². The minimum Gasteiger partial charge on any atom is -0.339 e. The second kappa shape index (κ2) is 8.21. The van der Waals surface area contributed by atoms with Gasteiger partial charge in [-0.25, -0.2) is 8.78 Å². The molecule has 0 radical (unpaired) electrons. The molecule has 0 saturated heterocycles. The van der Waals surface area contributed by atoms with Crippen molar-refractivity contribution >= 4 is 34.7 Å². The van der Waals surface area contributed by atoms with Gasteiger partial charge in [-0.05, 0) is 42.5 Å². The number of rotatable bonds is 5. The van der Waals surface area contributed by atoms with E-state index in [2.05, 4.69) is 26.1 Å². The van der Waals surface area contributed by atoms with Gasteiger partial charge in [0.25, 0.3) is 5.91 Å². The predicted octanol–water partition coefficient (Wildman–Crippen LogP) is 3.71. The van der Waals surface area contributed by atoms with Gasteiger partial charge in [0.2, 0.25) is 5.91 Å². The minimum absolute atomic E-state index is 0.111. The van der Waals surface area contributed by atoms with Crippen LogP contribution in [0.15, 0.2) is 54.6 Å². The van der Waals surface area contributed by atoms with Crippen LogP contribution in [0.25, 0.3) is 0 Å². The summed E-state index contributed by atoms with van der Waals surface area (Å²) in [5.74, 6) is -2.43. The fourth-order valence-electron chi connectivity index (χ4n) is 2.34. The van der Waals surface area contributed by atoms with E-state index < -0.39 is 23.2 Å². The lowest BCUT2D eigenvalue weighted by Gasteiger charge is -2.09. The van der Waals surface area contributed by atoms with Gasteiger partial charge in [-0.3, -0.25) is 9.59 Å². The van der Waals surface area contributed by atoms with Crippen LogP contribution in [-0.2, 0) is 4.79 Å². The van der Waals surface area contributed by atoms with Gasteiger partial charge in [0.05, 0.1) is 0 Å². The highest BCUT2D eigenvalue weighted by atomic mass is 19.1. The van der Waals surface area contributed by atoms with Crippen molar-refractivity contribution in [1.29, 1.82) is 0 Å². The number of benzene rings is 2. The van der Waals surface area contributed by atoms with Crippen LogP contribution in [0.2, 0.25) is 0 Å². The van der Waals surface area contributed by atoms with E-state index in [0.717, 1.165) is 12.1 Å². The fourth-order valence-corrected chi connectivity index (χ4v) is 2.34. The molecule has 0 aliphatic carbocycles. The molecule has 3 aromatic rings. The van der Waals surface area contributed by atoms with Crippen molar-refractivity contribution in [1.82, 2.24) is 10.2 Å². The number of carbonyl (C=O) groups is 2. The number of para-hydroxylation sites is 1. The number of anilines is 4. The molecule has 9 heteroatoms. The quantitative estimate of drug-likeness (QED) is 0.624. The lowest BCUT2D eigenvalue weighted by Crippen LogP contribution is -2.16. The predicted molar refractivity (Wildman–Crippen MR) is 100 cm³/mol. The number of hydrogen-bond acceptors (Lipinski definition) is 5. The summed E-state index contributed by atoms with van der Waals surface area (Å²) in [4.78, 5) is 23.2. The Kier molecular flexibility index (Phi) is 5.54. The van der Waals surface area contributed by atoms with Crippen molar-refractivity contribution in [3.8, 4) is 0 Å². The van der Waals surface area contributed by atoms with Crippen molar-refractivity contribution in [2.24, 2.45) is 0 Å². The third kappa shape index (κ3) is 4.64. The van der Waals surface area contributed by atoms with Crippen molar-refractivity contribution < 1.29 is 18.4 Å². The number of nitrogens with one attached hydrogen (secondary N) is 3. The zero-order chi connectivity index (χ0) is 20.1. The first kappa shape index (κ1) is 18.9. The molecule has 0 aliphatic heterocycles. The molecule has 142 valence electrons. The highest BCUT2D eigenvalue weighted by Crippen LogP contribution is 2.20. The van der Waals surface area contributed by atoms with E-state index in [-0.39, 0.29) is 11.6 Å². The summed E-state index contributed by atoms with van der Waals surface area (Å²) in [5, 5.41) is 15.4. The van der Waals surface area contributed by atoms with Gasteiger partial charge in [-0.2, -0.15) is 0 Å². The van der Waals surface area contributed by atoms with Gasteiger partial charge in [-0.15, -0.1) is 10.2 Å². The Balaban J connectivity index is 1.70. The van der Waals surface area contributed by atoms with Crippen LogP contribution in [0.5, 0.6) is 0 Å². The smallest absolute Gasteiger partial charge is 0.276 e. The molecule has 0 fully saturated rings. The summed E-state index contributed by atoms with van der Waals surface area (Å²) in [5.41, 5.74) is 0.589. The first-order valence-corrected chi connectivity index (χ1v) is 8.16. The van der Waals surface area contributed by atoms with Crippen LogP contribution in [0.1, 0.15) is 17.4 Å². The second-order valence-corrected chi connectivity index (χ2v) is 5.74. The van der Waals surface area contributed by atoms with Gasteiger partial charge in [0.15, 0.2) is 11.5 Å². The molecule has 1 heterocycles. The summed E-state index contributed by atoms with van der Waals surface area (Å²) < 4.78 is 27.2. The van der Waals surface area contributed by atoms with Gasteiger partial charge < -0.3 is 16.0 Å². The number of amides is 2. The maximum atomic E-state index is 13.6. The first-order valence-electron chi connectivity index (χ1n) is 8.16. The number of hydrogen-bond donors (Lipinski definition) is 3. The van der Waals surface area contributed by atoms with Crippen LogP contribution < -0.4 is 16.0 Å². The van der Waals surface area contributed by atoms with Gasteiger partial charge in [0, 0.05) is 18.3 Å². The maximum absolute atomic E-state index is 13.6. The van der Waals surface area contributed by atoms with Crippen molar-refractivity contribution in [3.63, 3.8) is 0 Å². The van der Waals surface area contributed by atoms with Crippen LogP contribution in [0.3, 0.4) is 0 Å². The Labute approximate surface area is 158 Å². The monoisotopic (exact) mass is 383 g/mol. The van der Waals surface area contributed by atoms with E-state index in [1.54, 1.807) is 24.3 Å². The number of aromatic nitrogens is 2. The maximum Gasteiger partial charge on any atom is 0.276 e. The van der Waals surface area contributed by atoms with E-state index in [9.17, 15) is 18.4 Å². The number of nitrogens with zero attached hydrogens (tertiary/aromatic N) is 2. The van der Waals surface area contributed by atoms with Crippen LogP contribution in [-0.4, -0.2) is 22.0 Å². The average molecular weight is 383 g/mol. The lowest BCUT2D eigenvalue weighted by atomic mass is 10.2. The first-order chi connectivity index (χ1) is 13.4. The van der Waals surface area contributed by atoms with Crippen molar-refractivity contribution in [2.45, 2.75) is 6.92 Å². The molecule has 2 aromatic carbocycles. The molecule has 3 rings (SSSR count). The SMILES string of the molecule is CC(=O)Nc1cccc(Nc2ccc(C(=O)Nc3c(F)cccc3F)nn2)c1. The fraction of sp³-hybridized carbons (Fsp3) is 0.0526. The molecule has 0 unspecified atom stereocenters. The Morgan fingerprint density at radius 1 is 0.857 bits per heavy atom. The topological polar surface area (TPSA) is 96.0 Å². The Morgan fingerprint density at radius 2 is 1.54 bits per heavy atom. The van der Waals surface area contributed by atoms with E-state index in [0.29, 0.717) is 17.2 Å². The van der Waals surface area contributed by atoms with Crippen LogP contribution in [0.4, 0.5) is 31.7 Å². The molecule has 0 aliphatic rings. The molecule has 3 N–H and O–H groups in total. The molecular weight excluding hydrogens is 368 g/mol. The Morgan fingerprint density at radius 3 is 2.18 bits per heavy atom. The number of halogens is 2.